The van der Waals surface area contributed by atoms with Gasteiger partial charge in [0.15, 0.2) is 0 Å². The van der Waals surface area contributed by atoms with E-state index in [9.17, 15) is 13.2 Å². The molecule has 2 nitrogen and oxygen atoms in total. The van der Waals surface area contributed by atoms with E-state index in [-0.39, 0.29) is 6.04 Å². The van der Waals surface area contributed by atoms with E-state index in [1.54, 1.807) is 12.1 Å². The van der Waals surface area contributed by atoms with Gasteiger partial charge in [0, 0.05) is 25.0 Å². The number of rotatable bonds is 4. The number of hydrogen-bond donors (Lipinski definition) is 0. The van der Waals surface area contributed by atoms with Gasteiger partial charge in [-0.05, 0) is 55.1 Å². The summed E-state index contributed by atoms with van der Waals surface area (Å²) in [7, 11) is 0. The lowest BCUT2D eigenvalue weighted by molar-refractivity contribution is -0.137. The van der Waals surface area contributed by atoms with Gasteiger partial charge in [-0.1, -0.05) is 26.0 Å². The average molecular weight is 350 g/mol. The van der Waals surface area contributed by atoms with Gasteiger partial charge in [-0.3, -0.25) is 4.90 Å². The SMILES string of the molecule is CC(C)CCN1CCCn2cccc2C1c1ccc(C(F)(F)F)cc1. The fraction of sp³-hybridized carbons (Fsp3) is 0.500. The molecule has 0 N–H and O–H groups in total. The van der Waals surface area contributed by atoms with E-state index in [1.807, 2.05) is 6.07 Å². The summed E-state index contributed by atoms with van der Waals surface area (Å²) in [6.45, 7) is 7.27. The van der Waals surface area contributed by atoms with E-state index in [2.05, 4.69) is 35.6 Å². The fourth-order valence-corrected chi connectivity index (χ4v) is 3.54. The molecule has 1 unspecified atom stereocenters. The predicted molar refractivity (Wildman–Crippen MR) is 93.4 cm³/mol. The largest absolute Gasteiger partial charge is 0.416 e. The maximum atomic E-state index is 12.9. The molecular weight excluding hydrogens is 325 g/mol. The highest BCUT2D eigenvalue weighted by molar-refractivity contribution is 5.33. The summed E-state index contributed by atoms with van der Waals surface area (Å²) in [5.41, 5.74) is 1.51. The van der Waals surface area contributed by atoms with Crippen molar-refractivity contribution in [3.8, 4) is 0 Å². The first-order valence-electron chi connectivity index (χ1n) is 8.92. The van der Waals surface area contributed by atoms with E-state index < -0.39 is 11.7 Å². The van der Waals surface area contributed by atoms with Crippen LogP contribution >= 0.6 is 0 Å². The van der Waals surface area contributed by atoms with Crippen molar-refractivity contribution in [1.29, 1.82) is 0 Å². The molecule has 0 aliphatic carbocycles. The molecule has 2 heterocycles. The summed E-state index contributed by atoms with van der Waals surface area (Å²) >= 11 is 0. The standard InChI is InChI=1S/C20H25F3N2/c1-15(2)10-14-25-13-4-12-24-11-3-5-18(24)19(25)16-6-8-17(9-7-16)20(21,22)23/h3,5-9,11,15,19H,4,10,12-14H2,1-2H3. The van der Waals surface area contributed by atoms with Crippen LogP contribution in [0.1, 0.15) is 49.6 Å². The monoisotopic (exact) mass is 350 g/mol. The van der Waals surface area contributed by atoms with Crippen LogP contribution in [0, 0.1) is 5.92 Å². The van der Waals surface area contributed by atoms with Crippen molar-refractivity contribution in [2.75, 3.05) is 13.1 Å². The topological polar surface area (TPSA) is 8.17 Å². The Hall–Kier alpha value is -1.75. The second-order valence-corrected chi connectivity index (χ2v) is 7.22. The first-order valence-corrected chi connectivity index (χ1v) is 8.92. The molecule has 2 aromatic rings. The maximum Gasteiger partial charge on any atom is 0.416 e. The van der Waals surface area contributed by atoms with E-state index >= 15 is 0 Å². The third kappa shape index (κ3) is 4.09. The van der Waals surface area contributed by atoms with Gasteiger partial charge in [0.1, 0.15) is 0 Å². The number of aryl methyl sites for hydroxylation is 1. The van der Waals surface area contributed by atoms with Crippen molar-refractivity contribution in [3.05, 3.63) is 59.4 Å². The summed E-state index contributed by atoms with van der Waals surface area (Å²) in [6.07, 6.45) is -0.0906. The van der Waals surface area contributed by atoms with Gasteiger partial charge in [0.2, 0.25) is 0 Å². The lowest BCUT2D eigenvalue weighted by Gasteiger charge is -2.31. The molecule has 1 aromatic carbocycles. The minimum atomic E-state index is -4.29. The zero-order valence-electron chi connectivity index (χ0n) is 14.8. The molecule has 1 aliphatic rings. The number of nitrogens with zero attached hydrogens (tertiary/aromatic N) is 2. The Morgan fingerprint density at radius 1 is 1.08 bits per heavy atom. The van der Waals surface area contributed by atoms with Gasteiger partial charge < -0.3 is 4.57 Å². The minimum Gasteiger partial charge on any atom is -0.350 e. The average Bonchev–Trinajstić information content (AvgIpc) is 2.93. The molecule has 0 spiro atoms. The van der Waals surface area contributed by atoms with E-state index in [0.29, 0.717) is 5.92 Å². The third-order valence-electron chi connectivity index (χ3n) is 4.90. The van der Waals surface area contributed by atoms with Gasteiger partial charge in [-0.15, -0.1) is 0 Å². The zero-order valence-corrected chi connectivity index (χ0v) is 14.8. The van der Waals surface area contributed by atoms with Crippen molar-refractivity contribution >= 4 is 0 Å². The van der Waals surface area contributed by atoms with Crippen molar-refractivity contribution in [2.24, 2.45) is 5.92 Å². The summed E-state index contributed by atoms with van der Waals surface area (Å²) in [5.74, 6) is 0.600. The molecule has 0 radical (unpaired) electrons. The molecule has 0 saturated heterocycles. The highest BCUT2D eigenvalue weighted by atomic mass is 19.4. The molecule has 25 heavy (non-hydrogen) atoms. The number of aromatic nitrogens is 1. The first kappa shape index (κ1) is 18.1. The number of halogens is 3. The van der Waals surface area contributed by atoms with Crippen LogP contribution in [-0.2, 0) is 12.7 Å². The van der Waals surface area contributed by atoms with Gasteiger partial charge in [-0.2, -0.15) is 13.2 Å². The molecule has 1 aromatic heterocycles. The Morgan fingerprint density at radius 2 is 1.80 bits per heavy atom. The predicted octanol–water partition coefficient (Wildman–Crippen LogP) is 5.35. The van der Waals surface area contributed by atoms with E-state index in [0.717, 1.165) is 38.0 Å². The molecule has 0 fully saturated rings. The van der Waals surface area contributed by atoms with Crippen molar-refractivity contribution < 1.29 is 13.2 Å². The Balaban J connectivity index is 1.95. The fourth-order valence-electron chi connectivity index (χ4n) is 3.54. The Morgan fingerprint density at radius 3 is 2.44 bits per heavy atom. The van der Waals surface area contributed by atoms with Crippen LogP contribution in [0.4, 0.5) is 13.2 Å². The van der Waals surface area contributed by atoms with Crippen LogP contribution in [0.3, 0.4) is 0 Å². The van der Waals surface area contributed by atoms with Crippen molar-refractivity contribution in [2.45, 2.75) is 45.5 Å². The quantitative estimate of drug-likeness (QED) is 0.722. The summed E-state index contributed by atoms with van der Waals surface area (Å²) in [5, 5.41) is 0. The third-order valence-corrected chi connectivity index (χ3v) is 4.90. The zero-order chi connectivity index (χ0) is 18.0. The molecule has 0 amide bonds. The normalized spacial score (nSPS) is 19.0. The Bertz CT molecular complexity index is 686. The second-order valence-electron chi connectivity index (χ2n) is 7.22. The van der Waals surface area contributed by atoms with Gasteiger partial charge in [-0.25, -0.2) is 0 Å². The van der Waals surface area contributed by atoms with Gasteiger partial charge in [0.25, 0.3) is 0 Å². The first-order chi connectivity index (χ1) is 11.9. The van der Waals surface area contributed by atoms with Crippen molar-refractivity contribution in [3.63, 3.8) is 0 Å². The molecule has 136 valence electrons. The lowest BCUT2D eigenvalue weighted by atomic mass is 9.99. The van der Waals surface area contributed by atoms with Crippen LogP contribution < -0.4 is 0 Å². The lowest BCUT2D eigenvalue weighted by Crippen LogP contribution is -2.31. The number of fused-ring (bicyclic) bond motifs is 1. The van der Waals surface area contributed by atoms with Crippen LogP contribution in [0.2, 0.25) is 0 Å². The summed E-state index contributed by atoms with van der Waals surface area (Å²) in [6, 6.07) is 9.81. The number of hydrogen-bond acceptors (Lipinski definition) is 1. The van der Waals surface area contributed by atoms with E-state index in [1.165, 1.54) is 17.8 Å². The summed E-state index contributed by atoms with van der Waals surface area (Å²) in [4.78, 5) is 2.42. The van der Waals surface area contributed by atoms with Gasteiger partial charge >= 0.3 is 6.18 Å². The Kier molecular flexibility index (Phi) is 5.23. The van der Waals surface area contributed by atoms with E-state index in [4.69, 9.17) is 0 Å². The highest BCUT2D eigenvalue weighted by Gasteiger charge is 2.32. The van der Waals surface area contributed by atoms with Crippen LogP contribution in [0.15, 0.2) is 42.6 Å². The van der Waals surface area contributed by atoms with Crippen molar-refractivity contribution in [1.82, 2.24) is 9.47 Å². The maximum absolute atomic E-state index is 12.9. The molecule has 1 aliphatic heterocycles. The number of benzene rings is 1. The molecule has 0 bridgehead atoms. The molecule has 0 saturated carbocycles. The molecular formula is C20H25F3N2. The van der Waals surface area contributed by atoms with Gasteiger partial charge in [0.05, 0.1) is 11.6 Å². The smallest absolute Gasteiger partial charge is 0.350 e. The highest BCUT2D eigenvalue weighted by Crippen LogP contribution is 2.35. The number of alkyl halides is 3. The molecule has 1 atom stereocenters. The van der Waals surface area contributed by atoms with Crippen LogP contribution in [0.25, 0.3) is 0 Å². The molecule has 3 rings (SSSR count). The second kappa shape index (κ2) is 7.24. The molecule has 5 heteroatoms. The van der Waals surface area contributed by atoms with Crippen LogP contribution in [0.5, 0.6) is 0 Å². The summed E-state index contributed by atoms with van der Waals surface area (Å²) < 4.78 is 40.9. The Labute approximate surface area is 147 Å². The van der Waals surface area contributed by atoms with Crippen LogP contribution in [-0.4, -0.2) is 22.6 Å². The minimum absolute atomic E-state index is 0.0125.